The number of halogens is 1. The van der Waals surface area contributed by atoms with Gasteiger partial charge in [0.25, 0.3) is 0 Å². The Morgan fingerprint density at radius 2 is 2.00 bits per heavy atom. The van der Waals surface area contributed by atoms with Crippen molar-refractivity contribution in [1.29, 1.82) is 0 Å². The zero-order valence-electron chi connectivity index (χ0n) is 8.54. The smallest absolute Gasteiger partial charge is 0.231 e. The monoisotopic (exact) mass is 226 g/mol. The van der Waals surface area contributed by atoms with Crippen molar-refractivity contribution in [3.8, 4) is 11.5 Å². The molecule has 0 bridgehead atoms. The highest BCUT2D eigenvalue weighted by Gasteiger charge is 2.21. The molecule has 1 unspecified atom stereocenters. The van der Waals surface area contributed by atoms with Gasteiger partial charge in [-0.05, 0) is 31.5 Å². The first-order chi connectivity index (χ1) is 7.09. The number of carbonyl (C=O) groups excluding carboxylic acids is 1. The summed E-state index contributed by atoms with van der Waals surface area (Å²) in [5.74, 6) is 1.21. The molecule has 15 heavy (non-hydrogen) atoms. The average molecular weight is 227 g/mol. The summed E-state index contributed by atoms with van der Waals surface area (Å²) in [6.07, 6.45) is 0. The fourth-order valence-electron chi connectivity index (χ4n) is 1.52. The van der Waals surface area contributed by atoms with Crippen molar-refractivity contribution >= 4 is 17.4 Å². The SMILES string of the molecule is Cc1cc2c(cc1C(=O)C(C)Cl)OCO2. The summed E-state index contributed by atoms with van der Waals surface area (Å²) in [6.45, 7) is 3.73. The van der Waals surface area contributed by atoms with Crippen LogP contribution in [0.3, 0.4) is 0 Å². The Morgan fingerprint density at radius 3 is 2.60 bits per heavy atom. The van der Waals surface area contributed by atoms with Gasteiger partial charge in [0.15, 0.2) is 17.3 Å². The van der Waals surface area contributed by atoms with Crippen molar-refractivity contribution in [1.82, 2.24) is 0 Å². The third-order valence-corrected chi connectivity index (χ3v) is 2.54. The van der Waals surface area contributed by atoms with Gasteiger partial charge in [0.2, 0.25) is 6.79 Å². The molecule has 0 N–H and O–H groups in total. The second-order valence-corrected chi connectivity index (χ2v) is 4.16. The first kappa shape index (κ1) is 10.3. The fourth-order valence-corrected chi connectivity index (χ4v) is 1.64. The van der Waals surface area contributed by atoms with Gasteiger partial charge in [-0.2, -0.15) is 0 Å². The minimum absolute atomic E-state index is 0.0903. The van der Waals surface area contributed by atoms with E-state index in [1.54, 1.807) is 19.1 Å². The molecule has 4 heteroatoms. The highest BCUT2D eigenvalue weighted by molar-refractivity contribution is 6.33. The van der Waals surface area contributed by atoms with Gasteiger partial charge < -0.3 is 9.47 Å². The number of hydrogen-bond donors (Lipinski definition) is 0. The van der Waals surface area contributed by atoms with Crippen LogP contribution in [-0.4, -0.2) is 18.0 Å². The van der Waals surface area contributed by atoms with Crippen LogP contribution >= 0.6 is 11.6 Å². The van der Waals surface area contributed by atoms with Crippen LogP contribution in [0.1, 0.15) is 22.8 Å². The maximum absolute atomic E-state index is 11.7. The zero-order chi connectivity index (χ0) is 11.0. The highest BCUT2D eigenvalue weighted by Crippen LogP contribution is 2.35. The number of benzene rings is 1. The van der Waals surface area contributed by atoms with Crippen molar-refractivity contribution in [2.75, 3.05) is 6.79 Å². The Balaban J connectivity index is 2.45. The van der Waals surface area contributed by atoms with Crippen LogP contribution in [0.25, 0.3) is 0 Å². The van der Waals surface area contributed by atoms with E-state index in [-0.39, 0.29) is 12.6 Å². The molecule has 0 radical (unpaired) electrons. The second-order valence-electron chi connectivity index (χ2n) is 3.50. The number of ether oxygens (including phenoxy) is 2. The minimum Gasteiger partial charge on any atom is -0.454 e. The van der Waals surface area contributed by atoms with Crippen molar-refractivity contribution < 1.29 is 14.3 Å². The van der Waals surface area contributed by atoms with E-state index in [4.69, 9.17) is 21.1 Å². The molecule has 80 valence electrons. The lowest BCUT2D eigenvalue weighted by Crippen LogP contribution is -2.11. The van der Waals surface area contributed by atoms with Gasteiger partial charge in [0, 0.05) is 5.56 Å². The molecule has 0 fully saturated rings. The maximum Gasteiger partial charge on any atom is 0.231 e. The summed E-state index contributed by atoms with van der Waals surface area (Å²) in [7, 11) is 0. The molecule has 0 saturated carbocycles. The number of aryl methyl sites for hydroxylation is 1. The Bertz CT molecular complexity index is 413. The van der Waals surface area contributed by atoms with E-state index in [0.29, 0.717) is 17.1 Å². The van der Waals surface area contributed by atoms with E-state index in [1.807, 2.05) is 6.92 Å². The average Bonchev–Trinajstić information content (AvgIpc) is 2.62. The summed E-state index contributed by atoms with van der Waals surface area (Å²) >= 11 is 5.76. The Morgan fingerprint density at radius 1 is 1.40 bits per heavy atom. The normalized spacial score (nSPS) is 15.1. The molecule has 1 aromatic carbocycles. The summed E-state index contributed by atoms with van der Waals surface area (Å²) in [5, 5.41) is -0.524. The summed E-state index contributed by atoms with van der Waals surface area (Å²) < 4.78 is 10.4. The molecule has 0 amide bonds. The van der Waals surface area contributed by atoms with Crippen molar-refractivity contribution in [2.45, 2.75) is 19.2 Å². The number of hydrogen-bond acceptors (Lipinski definition) is 3. The number of rotatable bonds is 2. The molecule has 1 aliphatic rings. The lowest BCUT2D eigenvalue weighted by atomic mass is 10.0. The standard InChI is InChI=1S/C11H11ClO3/c1-6-3-9-10(15-5-14-9)4-8(6)11(13)7(2)12/h3-4,7H,5H2,1-2H3. The molecule has 0 aliphatic carbocycles. The minimum atomic E-state index is -0.524. The van der Waals surface area contributed by atoms with E-state index < -0.39 is 5.38 Å². The lowest BCUT2D eigenvalue weighted by molar-refractivity contribution is 0.0990. The van der Waals surface area contributed by atoms with Crippen LogP contribution in [-0.2, 0) is 0 Å². The molecular formula is C11H11ClO3. The largest absolute Gasteiger partial charge is 0.454 e. The van der Waals surface area contributed by atoms with E-state index in [9.17, 15) is 4.79 Å². The van der Waals surface area contributed by atoms with Gasteiger partial charge in [-0.25, -0.2) is 0 Å². The molecule has 1 aliphatic heterocycles. The second kappa shape index (κ2) is 3.74. The molecule has 1 atom stereocenters. The zero-order valence-corrected chi connectivity index (χ0v) is 9.30. The summed E-state index contributed by atoms with van der Waals surface area (Å²) in [6, 6.07) is 3.49. The highest BCUT2D eigenvalue weighted by atomic mass is 35.5. The predicted octanol–water partition coefficient (Wildman–Crippen LogP) is 2.53. The van der Waals surface area contributed by atoms with Crippen LogP contribution < -0.4 is 9.47 Å². The summed E-state index contributed by atoms with van der Waals surface area (Å²) in [4.78, 5) is 11.7. The Kier molecular flexibility index (Phi) is 2.57. The third kappa shape index (κ3) is 1.79. The van der Waals surface area contributed by atoms with Gasteiger partial charge in [0.05, 0.1) is 5.38 Å². The van der Waals surface area contributed by atoms with Gasteiger partial charge in [0.1, 0.15) is 0 Å². The molecule has 0 spiro atoms. The van der Waals surface area contributed by atoms with Crippen LogP contribution in [0.4, 0.5) is 0 Å². The third-order valence-electron chi connectivity index (χ3n) is 2.35. The van der Waals surface area contributed by atoms with Gasteiger partial charge >= 0.3 is 0 Å². The van der Waals surface area contributed by atoms with Crippen LogP contribution in [0, 0.1) is 6.92 Å². The molecule has 0 aromatic heterocycles. The Labute approximate surface area is 92.9 Å². The van der Waals surface area contributed by atoms with Crippen molar-refractivity contribution in [3.63, 3.8) is 0 Å². The molecule has 1 aromatic rings. The molecule has 3 nitrogen and oxygen atoms in total. The fraction of sp³-hybridized carbons (Fsp3) is 0.364. The van der Waals surface area contributed by atoms with Crippen molar-refractivity contribution in [3.05, 3.63) is 23.3 Å². The van der Waals surface area contributed by atoms with E-state index in [2.05, 4.69) is 0 Å². The van der Waals surface area contributed by atoms with Gasteiger partial charge in [-0.1, -0.05) is 0 Å². The van der Waals surface area contributed by atoms with E-state index in [0.717, 1.165) is 5.56 Å². The van der Waals surface area contributed by atoms with Gasteiger partial charge in [-0.15, -0.1) is 11.6 Å². The van der Waals surface area contributed by atoms with Crippen LogP contribution in [0.15, 0.2) is 12.1 Å². The van der Waals surface area contributed by atoms with E-state index >= 15 is 0 Å². The molecule has 0 saturated heterocycles. The molecule has 2 rings (SSSR count). The molecule has 1 heterocycles. The maximum atomic E-state index is 11.7. The van der Waals surface area contributed by atoms with E-state index in [1.165, 1.54) is 0 Å². The number of fused-ring (bicyclic) bond motifs is 1. The molecular weight excluding hydrogens is 216 g/mol. The predicted molar refractivity (Wildman–Crippen MR) is 56.9 cm³/mol. The number of carbonyl (C=O) groups is 1. The number of ketones is 1. The number of alkyl halides is 1. The number of Topliss-reactive ketones (excluding diaryl/α,β-unsaturated/α-hetero) is 1. The van der Waals surface area contributed by atoms with Crippen LogP contribution in [0.2, 0.25) is 0 Å². The first-order valence-corrected chi connectivity index (χ1v) is 5.12. The summed E-state index contributed by atoms with van der Waals surface area (Å²) in [5.41, 5.74) is 1.46. The lowest BCUT2D eigenvalue weighted by Gasteiger charge is -2.07. The first-order valence-electron chi connectivity index (χ1n) is 4.68. The topological polar surface area (TPSA) is 35.5 Å². The quantitative estimate of drug-likeness (QED) is 0.574. The van der Waals surface area contributed by atoms with Gasteiger partial charge in [-0.3, -0.25) is 4.79 Å². The Hall–Kier alpha value is -1.22. The van der Waals surface area contributed by atoms with Crippen LogP contribution in [0.5, 0.6) is 11.5 Å². The van der Waals surface area contributed by atoms with Crippen molar-refractivity contribution in [2.24, 2.45) is 0 Å².